The summed E-state index contributed by atoms with van der Waals surface area (Å²) in [6.45, 7) is 0.597. The number of hydrogen-bond acceptors (Lipinski definition) is 4. The summed E-state index contributed by atoms with van der Waals surface area (Å²) in [6.07, 6.45) is 5.42. The molecule has 0 aliphatic carbocycles. The fraction of sp³-hybridized carbons (Fsp3) is 0.300. The summed E-state index contributed by atoms with van der Waals surface area (Å²) in [4.78, 5) is 14.9. The van der Waals surface area contributed by atoms with Gasteiger partial charge in [-0.25, -0.2) is 14.3 Å². The van der Waals surface area contributed by atoms with E-state index in [9.17, 15) is 4.79 Å². The van der Waals surface area contributed by atoms with Crippen LogP contribution in [0.5, 0.6) is 0 Å². The summed E-state index contributed by atoms with van der Waals surface area (Å²) in [5.41, 5.74) is 1.42. The zero-order chi connectivity index (χ0) is 11.5. The zero-order valence-electron chi connectivity index (χ0n) is 8.75. The lowest BCUT2D eigenvalue weighted by Gasteiger charge is -2.00. The molecule has 0 aromatic carbocycles. The minimum atomic E-state index is -1.02. The average Bonchev–Trinajstić information content (AvgIpc) is 2.69. The van der Waals surface area contributed by atoms with Crippen LogP contribution in [0.15, 0.2) is 18.6 Å². The van der Waals surface area contributed by atoms with Crippen molar-refractivity contribution in [3.63, 3.8) is 0 Å². The molecule has 2 rings (SSSR count). The smallest absolute Gasteiger partial charge is 0.341 e. The van der Waals surface area contributed by atoms with Gasteiger partial charge >= 0.3 is 5.97 Å². The van der Waals surface area contributed by atoms with Gasteiger partial charge in [0.2, 0.25) is 0 Å². The first-order valence-corrected chi connectivity index (χ1v) is 4.77. The molecule has 2 aromatic rings. The summed E-state index contributed by atoms with van der Waals surface area (Å²) in [6, 6.07) is 0. The standard InChI is InChI=1S/C10H11N3O3/c1-16-3-2-7-4-11-9-8(10(14)15)5-12-13(9)6-7/h4-6H,2-3H2,1H3,(H,14,15). The molecule has 0 saturated carbocycles. The summed E-state index contributed by atoms with van der Waals surface area (Å²) in [7, 11) is 1.63. The van der Waals surface area contributed by atoms with Crippen molar-refractivity contribution < 1.29 is 14.6 Å². The molecular weight excluding hydrogens is 210 g/mol. The van der Waals surface area contributed by atoms with E-state index in [0.717, 1.165) is 12.0 Å². The average molecular weight is 221 g/mol. The van der Waals surface area contributed by atoms with Crippen molar-refractivity contribution in [1.29, 1.82) is 0 Å². The van der Waals surface area contributed by atoms with Gasteiger partial charge in [0.25, 0.3) is 0 Å². The Kier molecular flexibility index (Phi) is 2.82. The molecule has 84 valence electrons. The van der Waals surface area contributed by atoms with Gasteiger partial charge in [-0.1, -0.05) is 0 Å². The molecule has 0 radical (unpaired) electrons. The molecule has 2 heterocycles. The van der Waals surface area contributed by atoms with Crippen LogP contribution in [0.25, 0.3) is 5.65 Å². The molecule has 0 amide bonds. The molecule has 6 nitrogen and oxygen atoms in total. The van der Waals surface area contributed by atoms with E-state index in [2.05, 4.69) is 10.1 Å². The highest BCUT2D eigenvalue weighted by Crippen LogP contribution is 2.09. The molecule has 0 bridgehead atoms. The molecule has 0 aliphatic rings. The molecule has 2 aromatic heterocycles. The largest absolute Gasteiger partial charge is 0.477 e. The van der Waals surface area contributed by atoms with Crippen LogP contribution in [0.2, 0.25) is 0 Å². The summed E-state index contributed by atoms with van der Waals surface area (Å²) >= 11 is 0. The van der Waals surface area contributed by atoms with Crippen LogP contribution in [0.3, 0.4) is 0 Å². The maximum Gasteiger partial charge on any atom is 0.341 e. The van der Waals surface area contributed by atoms with Gasteiger partial charge in [-0.05, 0) is 12.0 Å². The minimum Gasteiger partial charge on any atom is -0.477 e. The molecule has 0 saturated heterocycles. The Hall–Kier alpha value is -1.95. The van der Waals surface area contributed by atoms with E-state index in [1.165, 1.54) is 10.7 Å². The second kappa shape index (κ2) is 4.28. The Morgan fingerprint density at radius 2 is 2.38 bits per heavy atom. The van der Waals surface area contributed by atoms with Crippen molar-refractivity contribution >= 4 is 11.6 Å². The Morgan fingerprint density at radius 3 is 3.06 bits per heavy atom. The van der Waals surface area contributed by atoms with Gasteiger partial charge in [0.1, 0.15) is 5.56 Å². The maximum atomic E-state index is 10.8. The Morgan fingerprint density at radius 1 is 1.56 bits per heavy atom. The first-order chi connectivity index (χ1) is 7.72. The Bertz CT molecular complexity index is 521. The van der Waals surface area contributed by atoms with E-state index < -0.39 is 5.97 Å². The molecule has 0 aliphatic heterocycles. The summed E-state index contributed by atoms with van der Waals surface area (Å²) < 4.78 is 6.42. The predicted molar refractivity (Wildman–Crippen MR) is 55.5 cm³/mol. The number of carboxylic acids is 1. The van der Waals surface area contributed by atoms with Crippen molar-refractivity contribution in [3.8, 4) is 0 Å². The number of carbonyl (C=O) groups is 1. The predicted octanol–water partition coefficient (Wildman–Crippen LogP) is 0.616. The van der Waals surface area contributed by atoms with Gasteiger partial charge in [-0.2, -0.15) is 5.10 Å². The fourth-order valence-corrected chi connectivity index (χ4v) is 1.41. The lowest BCUT2D eigenvalue weighted by molar-refractivity contribution is 0.0698. The number of fused-ring (bicyclic) bond motifs is 1. The highest BCUT2D eigenvalue weighted by molar-refractivity contribution is 5.93. The number of methoxy groups -OCH3 is 1. The van der Waals surface area contributed by atoms with E-state index in [1.54, 1.807) is 19.5 Å². The lowest BCUT2D eigenvalue weighted by Crippen LogP contribution is -2.01. The molecule has 0 unspecified atom stereocenters. The van der Waals surface area contributed by atoms with Crippen molar-refractivity contribution in [3.05, 3.63) is 29.7 Å². The van der Waals surface area contributed by atoms with E-state index in [-0.39, 0.29) is 5.56 Å². The second-order valence-electron chi connectivity index (χ2n) is 3.34. The van der Waals surface area contributed by atoms with Crippen LogP contribution in [0.1, 0.15) is 15.9 Å². The number of carboxylic acid groups (broad SMARTS) is 1. The highest BCUT2D eigenvalue weighted by Gasteiger charge is 2.12. The van der Waals surface area contributed by atoms with Crippen LogP contribution < -0.4 is 0 Å². The zero-order valence-corrected chi connectivity index (χ0v) is 8.75. The lowest BCUT2D eigenvalue weighted by atomic mass is 10.2. The van der Waals surface area contributed by atoms with Crippen molar-refractivity contribution in [1.82, 2.24) is 14.6 Å². The normalized spacial score (nSPS) is 10.8. The third kappa shape index (κ3) is 1.87. The quantitative estimate of drug-likeness (QED) is 0.818. The SMILES string of the molecule is COCCc1cnc2c(C(=O)O)cnn2c1. The van der Waals surface area contributed by atoms with Crippen LogP contribution >= 0.6 is 0 Å². The summed E-state index contributed by atoms with van der Waals surface area (Å²) in [5, 5.41) is 12.8. The fourth-order valence-electron chi connectivity index (χ4n) is 1.41. The molecule has 0 atom stereocenters. The Balaban J connectivity index is 2.37. The first kappa shape index (κ1) is 10.6. The number of hydrogen-bond donors (Lipinski definition) is 1. The third-order valence-electron chi connectivity index (χ3n) is 2.24. The van der Waals surface area contributed by atoms with Crippen LogP contribution in [0.4, 0.5) is 0 Å². The van der Waals surface area contributed by atoms with Gasteiger partial charge in [-0.15, -0.1) is 0 Å². The molecule has 0 fully saturated rings. The van der Waals surface area contributed by atoms with Gasteiger partial charge in [-0.3, -0.25) is 0 Å². The molecular formula is C10H11N3O3. The third-order valence-corrected chi connectivity index (χ3v) is 2.24. The molecule has 6 heteroatoms. The van der Waals surface area contributed by atoms with Gasteiger partial charge in [0.15, 0.2) is 5.65 Å². The van der Waals surface area contributed by atoms with E-state index in [4.69, 9.17) is 9.84 Å². The number of rotatable bonds is 4. The van der Waals surface area contributed by atoms with Crippen LogP contribution in [-0.4, -0.2) is 39.4 Å². The number of ether oxygens (including phenoxy) is 1. The molecule has 0 spiro atoms. The van der Waals surface area contributed by atoms with E-state index >= 15 is 0 Å². The molecule has 1 N–H and O–H groups in total. The minimum absolute atomic E-state index is 0.110. The molecule has 16 heavy (non-hydrogen) atoms. The highest BCUT2D eigenvalue weighted by atomic mass is 16.5. The van der Waals surface area contributed by atoms with Crippen LogP contribution in [0, 0.1) is 0 Å². The Labute approximate surface area is 91.5 Å². The van der Waals surface area contributed by atoms with Gasteiger partial charge < -0.3 is 9.84 Å². The number of aromatic carboxylic acids is 1. The maximum absolute atomic E-state index is 10.8. The second-order valence-corrected chi connectivity index (χ2v) is 3.34. The van der Waals surface area contributed by atoms with Crippen molar-refractivity contribution in [2.75, 3.05) is 13.7 Å². The van der Waals surface area contributed by atoms with Gasteiger partial charge in [0.05, 0.1) is 12.8 Å². The van der Waals surface area contributed by atoms with Crippen molar-refractivity contribution in [2.45, 2.75) is 6.42 Å². The van der Waals surface area contributed by atoms with Gasteiger partial charge in [0, 0.05) is 19.5 Å². The topological polar surface area (TPSA) is 76.7 Å². The number of nitrogens with zero attached hydrogens (tertiary/aromatic N) is 3. The number of aromatic nitrogens is 3. The van der Waals surface area contributed by atoms with E-state index in [1.807, 2.05) is 0 Å². The summed E-state index contributed by atoms with van der Waals surface area (Å²) in [5.74, 6) is -1.02. The van der Waals surface area contributed by atoms with Crippen LogP contribution in [-0.2, 0) is 11.2 Å². The first-order valence-electron chi connectivity index (χ1n) is 4.77. The van der Waals surface area contributed by atoms with E-state index in [0.29, 0.717) is 12.3 Å². The monoisotopic (exact) mass is 221 g/mol. The van der Waals surface area contributed by atoms with Crippen molar-refractivity contribution in [2.24, 2.45) is 0 Å².